The minimum absolute atomic E-state index is 0.0276. The van der Waals surface area contributed by atoms with Gasteiger partial charge in [0.1, 0.15) is 18.5 Å². The van der Waals surface area contributed by atoms with E-state index in [1.54, 1.807) is 18.2 Å². The molecule has 1 heterocycles. The largest absolute Gasteiger partial charge is 0.494 e. The number of benzene rings is 1. The van der Waals surface area contributed by atoms with Crippen LogP contribution in [0.1, 0.15) is 28.9 Å². The molecule has 2 rings (SSSR count). The van der Waals surface area contributed by atoms with Crippen LogP contribution >= 0.6 is 0 Å². The molecule has 1 unspecified atom stereocenters. The first-order chi connectivity index (χ1) is 7.22. The highest BCUT2D eigenvalue weighted by Crippen LogP contribution is 2.27. The van der Waals surface area contributed by atoms with Crippen LogP contribution in [0.2, 0.25) is 0 Å². The first-order valence-corrected chi connectivity index (χ1v) is 4.84. The van der Waals surface area contributed by atoms with Crippen molar-refractivity contribution < 1.29 is 19.4 Å². The van der Waals surface area contributed by atoms with Crippen molar-refractivity contribution in [2.75, 3.05) is 13.2 Å². The van der Waals surface area contributed by atoms with Crippen LogP contribution in [0.15, 0.2) is 18.2 Å². The fourth-order valence-corrected chi connectivity index (χ4v) is 1.58. The molecule has 0 aromatic heterocycles. The molecule has 0 radical (unpaired) electrons. The van der Waals surface area contributed by atoms with E-state index >= 15 is 0 Å². The van der Waals surface area contributed by atoms with Crippen LogP contribution in [0.25, 0.3) is 0 Å². The Morgan fingerprint density at radius 1 is 1.60 bits per heavy atom. The van der Waals surface area contributed by atoms with E-state index in [2.05, 4.69) is 0 Å². The van der Waals surface area contributed by atoms with Gasteiger partial charge in [-0.1, -0.05) is 6.07 Å². The van der Waals surface area contributed by atoms with E-state index in [4.69, 9.17) is 9.47 Å². The van der Waals surface area contributed by atoms with Crippen molar-refractivity contribution in [2.45, 2.75) is 13.0 Å². The molecule has 1 aromatic carbocycles. The maximum Gasteiger partial charge on any atom is 0.338 e. The van der Waals surface area contributed by atoms with Crippen molar-refractivity contribution in [1.29, 1.82) is 0 Å². The highest BCUT2D eigenvalue weighted by atomic mass is 16.5. The molecule has 4 nitrogen and oxygen atoms in total. The van der Waals surface area contributed by atoms with Gasteiger partial charge in [0.25, 0.3) is 0 Å². The first-order valence-electron chi connectivity index (χ1n) is 4.84. The van der Waals surface area contributed by atoms with Gasteiger partial charge in [-0.05, 0) is 24.6 Å². The number of cyclic esters (lactones) is 1. The van der Waals surface area contributed by atoms with Crippen molar-refractivity contribution in [2.24, 2.45) is 0 Å². The average Bonchev–Trinajstić information content (AvgIpc) is 2.24. The molecule has 0 aliphatic carbocycles. The molecule has 80 valence electrons. The van der Waals surface area contributed by atoms with Gasteiger partial charge in [-0.3, -0.25) is 0 Å². The number of carbonyl (C=O) groups excluding carboxylic acids is 1. The Labute approximate surface area is 87.4 Å². The van der Waals surface area contributed by atoms with Crippen LogP contribution in [-0.4, -0.2) is 24.3 Å². The SMILES string of the molecule is CCOc1ccc2c(c1)C(=O)OCC2O. The minimum atomic E-state index is -0.728. The van der Waals surface area contributed by atoms with E-state index in [0.717, 1.165) is 0 Å². The molecule has 0 fully saturated rings. The summed E-state index contributed by atoms with van der Waals surface area (Å²) in [7, 11) is 0. The molecule has 1 N–H and O–H groups in total. The van der Waals surface area contributed by atoms with Gasteiger partial charge < -0.3 is 14.6 Å². The molecular weight excluding hydrogens is 196 g/mol. The number of hydrogen-bond acceptors (Lipinski definition) is 4. The highest BCUT2D eigenvalue weighted by molar-refractivity contribution is 5.92. The van der Waals surface area contributed by atoms with E-state index in [-0.39, 0.29) is 6.61 Å². The predicted molar refractivity (Wildman–Crippen MR) is 52.9 cm³/mol. The third kappa shape index (κ3) is 1.80. The molecule has 15 heavy (non-hydrogen) atoms. The highest BCUT2D eigenvalue weighted by Gasteiger charge is 2.25. The van der Waals surface area contributed by atoms with E-state index < -0.39 is 12.1 Å². The van der Waals surface area contributed by atoms with Crippen molar-refractivity contribution in [3.05, 3.63) is 29.3 Å². The summed E-state index contributed by atoms with van der Waals surface area (Å²) < 4.78 is 10.1. The van der Waals surface area contributed by atoms with Gasteiger partial charge in [0.2, 0.25) is 0 Å². The lowest BCUT2D eigenvalue weighted by molar-refractivity contribution is 0.0166. The Kier molecular flexibility index (Phi) is 2.60. The Morgan fingerprint density at radius 3 is 3.13 bits per heavy atom. The van der Waals surface area contributed by atoms with Crippen LogP contribution in [0.5, 0.6) is 5.75 Å². The number of ether oxygens (including phenoxy) is 2. The Balaban J connectivity index is 2.40. The zero-order valence-corrected chi connectivity index (χ0v) is 8.40. The average molecular weight is 208 g/mol. The van der Waals surface area contributed by atoms with Gasteiger partial charge in [-0.25, -0.2) is 4.79 Å². The predicted octanol–water partition coefficient (Wildman–Crippen LogP) is 1.29. The lowest BCUT2D eigenvalue weighted by Crippen LogP contribution is -2.22. The maximum absolute atomic E-state index is 11.4. The van der Waals surface area contributed by atoms with Gasteiger partial charge in [0, 0.05) is 0 Å². The molecule has 0 saturated carbocycles. The maximum atomic E-state index is 11.4. The van der Waals surface area contributed by atoms with Gasteiger partial charge in [-0.15, -0.1) is 0 Å². The molecule has 1 aliphatic rings. The van der Waals surface area contributed by atoms with Crippen LogP contribution in [-0.2, 0) is 4.74 Å². The van der Waals surface area contributed by atoms with Crippen LogP contribution in [0.4, 0.5) is 0 Å². The number of hydrogen-bond donors (Lipinski definition) is 1. The number of fused-ring (bicyclic) bond motifs is 1. The summed E-state index contributed by atoms with van der Waals surface area (Å²) in [4.78, 5) is 11.4. The zero-order chi connectivity index (χ0) is 10.8. The minimum Gasteiger partial charge on any atom is -0.494 e. The van der Waals surface area contributed by atoms with Crippen molar-refractivity contribution in [3.8, 4) is 5.75 Å². The Morgan fingerprint density at radius 2 is 2.40 bits per heavy atom. The van der Waals surface area contributed by atoms with Crippen LogP contribution in [0, 0.1) is 0 Å². The summed E-state index contributed by atoms with van der Waals surface area (Å²) in [6, 6.07) is 5.04. The summed E-state index contributed by atoms with van der Waals surface area (Å²) in [6.07, 6.45) is -0.728. The number of aliphatic hydroxyl groups is 1. The number of aliphatic hydroxyl groups excluding tert-OH is 1. The monoisotopic (exact) mass is 208 g/mol. The lowest BCUT2D eigenvalue weighted by Gasteiger charge is -2.21. The quantitative estimate of drug-likeness (QED) is 0.744. The van der Waals surface area contributed by atoms with Crippen molar-refractivity contribution in [1.82, 2.24) is 0 Å². The van der Waals surface area contributed by atoms with E-state index in [1.807, 2.05) is 6.92 Å². The summed E-state index contributed by atoms with van der Waals surface area (Å²) >= 11 is 0. The molecule has 1 atom stereocenters. The molecule has 1 aliphatic heterocycles. The molecule has 0 amide bonds. The Bertz CT molecular complexity index is 386. The second kappa shape index (κ2) is 3.90. The standard InChI is InChI=1S/C11H12O4/c1-2-14-7-3-4-8-9(5-7)11(13)15-6-10(8)12/h3-5,10,12H,2,6H2,1H3. The molecular formula is C11H12O4. The number of carbonyl (C=O) groups is 1. The van der Waals surface area contributed by atoms with Gasteiger partial charge >= 0.3 is 5.97 Å². The second-order valence-electron chi connectivity index (χ2n) is 3.30. The fraction of sp³-hybridized carbons (Fsp3) is 0.364. The summed E-state index contributed by atoms with van der Waals surface area (Å²) in [5.41, 5.74) is 0.995. The normalized spacial score (nSPS) is 19.3. The smallest absolute Gasteiger partial charge is 0.338 e. The molecule has 0 spiro atoms. The van der Waals surface area contributed by atoms with E-state index in [9.17, 15) is 9.90 Å². The number of esters is 1. The van der Waals surface area contributed by atoms with E-state index in [1.165, 1.54) is 0 Å². The van der Waals surface area contributed by atoms with Crippen molar-refractivity contribution >= 4 is 5.97 Å². The van der Waals surface area contributed by atoms with Gasteiger partial charge in [0.15, 0.2) is 0 Å². The molecule has 0 bridgehead atoms. The third-order valence-corrected chi connectivity index (χ3v) is 2.29. The fourth-order valence-electron chi connectivity index (χ4n) is 1.58. The van der Waals surface area contributed by atoms with E-state index in [0.29, 0.717) is 23.5 Å². The van der Waals surface area contributed by atoms with Gasteiger partial charge in [-0.2, -0.15) is 0 Å². The summed E-state index contributed by atoms with van der Waals surface area (Å²) in [5.74, 6) is 0.208. The number of rotatable bonds is 2. The lowest BCUT2D eigenvalue weighted by atomic mass is 10.0. The summed E-state index contributed by atoms with van der Waals surface area (Å²) in [6.45, 7) is 2.43. The molecule has 4 heteroatoms. The van der Waals surface area contributed by atoms with Crippen molar-refractivity contribution in [3.63, 3.8) is 0 Å². The second-order valence-corrected chi connectivity index (χ2v) is 3.30. The topological polar surface area (TPSA) is 55.8 Å². The zero-order valence-electron chi connectivity index (χ0n) is 8.40. The third-order valence-electron chi connectivity index (χ3n) is 2.29. The Hall–Kier alpha value is -1.55. The van der Waals surface area contributed by atoms with Crippen LogP contribution < -0.4 is 4.74 Å². The first kappa shape index (κ1) is 9.98. The van der Waals surface area contributed by atoms with Gasteiger partial charge in [0.05, 0.1) is 12.2 Å². The van der Waals surface area contributed by atoms with Crippen LogP contribution in [0.3, 0.4) is 0 Å². The molecule has 0 saturated heterocycles. The summed E-state index contributed by atoms with van der Waals surface area (Å²) in [5, 5.41) is 9.58. The molecule has 1 aromatic rings.